The molecule has 28 heavy (non-hydrogen) atoms. The Bertz CT molecular complexity index is 778. The van der Waals surface area contributed by atoms with E-state index in [9.17, 15) is 4.79 Å². The minimum atomic E-state index is -0.315. The molecule has 0 radical (unpaired) electrons. The fraction of sp³-hybridized carbons (Fsp3) is 0.458. The average Bonchev–Trinajstić information content (AvgIpc) is 2.72. The highest BCUT2D eigenvalue weighted by Gasteiger charge is 2.45. The van der Waals surface area contributed by atoms with Gasteiger partial charge in [0, 0.05) is 25.0 Å². The molecule has 0 spiro atoms. The summed E-state index contributed by atoms with van der Waals surface area (Å²) in [6.07, 6.45) is 2.96. The molecular formula is C24H31N3O. The largest absolute Gasteiger partial charge is 0.355 e. The molecule has 2 aliphatic heterocycles. The van der Waals surface area contributed by atoms with Crippen molar-refractivity contribution in [3.05, 3.63) is 71.8 Å². The van der Waals surface area contributed by atoms with Gasteiger partial charge in [-0.25, -0.2) is 0 Å². The molecule has 0 unspecified atom stereocenters. The minimum Gasteiger partial charge on any atom is -0.355 e. The van der Waals surface area contributed by atoms with Crippen LogP contribution in [-0.4, -0.2) is 50.6 Å². The van der Waals surface area contributed by atoms with Crippen molar-refractivity contribution in [2.75, 3.05) is 39.8 Å². The zero-order valence-corrected chi connectivity index (χ0v) is 16.8. The van der Waals surface area contributed by atoms with Gasteiger partial charge in [0.2, 0.25) is 5.91 Å². The molecule has 4 rings (SSSR count). The molecule has 2 heterocycles. The highest BCUT2D eigenvalue weighted by Crippen LogP contribution is 2.35. The lowest BCUT2D eigenvalue weighted by Crippen LogP contribution is -2.63. The third-order valence-electron chi connectivity index (χ3n) is 6.71. The van der Waals surface area contributed by atoms with Crippen LogP contribution in [0.2, 0.25) is 0 Å². The Labute approximate surface area is 168 Å². The molecule has 2 aromatic rings. The Morgan fingerprint density at radius 3 is 2.18 bits per heavy atom. The van der Waals surface area contributed by atoms with Gasteiger partial charge in [0.15, 0.2) is 0 Å². The van der Waals surface area contributed by atoms with Crippen molar-refractivity contribution in [3.63, 3.8) is 0 Å². The standard InChI is InChI=1S/C24H31N3O/c1-27-14-12-23(13-15-27,21-10-6-3-7-11-21)19-26-22(28)24(17-25-18-24)16-20-8-4-2-5-9-20/h2-11,25H,12-19H2,1H3,(H,26,28). The SMILES string of the molecule is CN1CCC(CNC(=O)C2(Cc3ccccc3)CNC2)(c2ccccc2)CC1. The zero-order chi connectivity index (χ0) is 19.5. The maximum Gasteiger partial charge on any atom is 0.229 e. The van der Waals surface area contributed by atoms with E-state index < -0.39 is 0 Å². The molecule has 4 heteroatoms. The molecule has 4 nitrogen and oxygen atoms in total. The lowest BCUT2D eigenvalue weighted by Gasteiger charge is -2.44. The zero-order valence-electron chi connectivity index (χ0n) is 16.8. The van der Waals surface area contributed by atoms with Crippen LogP contribution in [0.4, 0.5) is 0 Å². The van der Waals surface area contributed by atoms with Crippen LogP contribution in [0.3, 0.4) is 0 Å². The number of likely N-dealkylation sites (tertiary alicyclic amines) is 1. The fourth-order valence-corrected chi connectivity index (χ4v) is 4.62. The van der Waals surface area contributed by atoms with E-state index in [1.807, 2.05) is 6.07 Å². The minimum absolute atomic E-state index is 0.0363. The van der Waals surface area contributed by atoms with E-state index in [2.05, 4.69) is 77.2 Å². The van der Waals surface area contributed by atoms with Crippen molar-refractivity contribution < 1.29 is 4.79 Å². The maximum atomic E-state index is 13.3. The van der Waals surface area contributed by atoms with Crippen LogP contribution in [0.1, 0.15) is 24.0 Å². The molecule has 0 atom stereocenters. The molecule has 0 aliphatic carbocycles. The highest BCUT2D eigenvalue weighted by atomic mass is 16.2. The van der Waals surface area contributed by atoms with Gasteiger partial charge >= 0.3 is 0 Å². The molecule has 2 aliphatic rings. The van der Waals surface area contributed by atoms with E-state index >= 15 is 0 Å². The topological polar surface area (TPSA) is 44.4 Å². The van der Waals surface area contributed by atoms with Crippen LogP contribution in [-0.2, 0) is 16.6 Å². The first-order valence-corrected chi connectivity index (χ1v) is 10.4. The molecule has 0 saturated carbocycles. The van der Waals surface area contributed by atoms with Crippen LogP contribution in [0, 0.1) is 5.41 Å². The van der Waals surface area contributed by atoms with Crippen molar-refractivity contribution in [1.82, 2.24) is 15.5 Å². The predicted molar refractivity (Wildman–Crippen MR) is 113 cm³/mol. The number of carbonyl (C=O) groups excluding carboxylic acids is 1. The molecule has 2 N–H and O–H groups in total. The van der Waals surface area contributed by atoms with Gasteiger partial charge in [0.1, 0.15) is 0 Å². The van der Waals surface area contributed by atoms with E-state index in [0.29, 0.717) is 0 Å². The van der Waals surface area contributed by atoms with Crippen molar-refractivity contribution in [2.24, 2.45) is 5.41 Å². The first-order chi connectivity index (χ1) is 13.6. The summed E-state index contributed by atoms with van der Waals surface area (Å²) in [6, 6.07) is 21.1. The number of piperidine rings is 1. The third kappa shape index (κ3) is 3.85. The number of hydrogen-bond donors (Lipinski definition) is 2. The summed E-state index contributed by atoms with van der Waals surface area (Å²) in [5.74, 6) is 0.198. The number of carbonyl (C=O) groups is 1. The quantitative estimate of drug-likeness (QED) is 0.813. The number of benzene rings is 2. The number of hydrogen-bond acceptors (Lipinski definition) is 3. The summed E-state index contributed by atoms with van der Waals surface area (Å²) in [5.41, 5.74) is 2.31. The van der Waals surface area contributed by atoms with Gasteiger partial charge < -0.3 is 15.5 Å². The van der Waals surface area contributed by atoms with Crippen molar-refractivity contribution in [1.29, 1.82) is 0 Å². The Hall–Kier alpha value is -2.17. The van der Waals surface area contributed by atoms with E-state index in [1.165, 1.54) is 11.1 Å². The monoisotopic (exact) mass is 377 g/mol. The summed E-state index contributed by atoms with van der Waals surface area (Å²) >= 11 is 0. The maximum absolute atomic E-state index is 13.3. The molecule has 2 fully saturated rings. The van der Waals surface area contributed by atoms with Gasteiger partial charge in [-0.2, -0.15) is 0 Å². The van der Waals surface area contributed by atoms with E-state index in [1.54, 1.807) is 0 Å². The van der Waals surface area contributed by atoms with Gasteiger partial charge in [-0.1, -0.05) is 60.7 Å². The first kappa shape index (κ1) is 19.2. The second-order valence-electron chi connectivity index (χ2n) is 8.68. The van der Waals surface area contributed by atoms with Crippen LogP contribution < -0.4 is 10.6 Å². The van der Waals surface area contributed by atoms with Gasteiger partial charge in [-0.3, -0.25) is 4.79 Å². The number of nitrogens with one attached hydrogen (secondary N) is 2. The number of nitrogens with zero attached hydrogens (tertiary/aromatic N) is 1. The Balaban J connectivity index is 1.48. The normalized spacial score (nSPS) is 20.9. The predicted octanol–water partition coefficient (Wildman–Crippen LogP) is 2.60. The van der Waals surface area contributed by atoms with Gasteiger partial charge in [0.25, 0.3) is 0 Å². The summed E-state index contributed by atoms with van der Waals surface area (Å²) in [6.45, 7) is 4.38. The molecule has 0 bridgehead atoms. The molecule has 148 valence electrons. The van der Waals surface area contributed by atoms with Gasteiger partial charge in [0.05, 0.1) is 5.41 Å². The van der Waals surface area contributed by atoms with E-state index in [0.717, 1.165) is 52.0 Å². The molecular weight excluding hydrogens is 346 g/mol. The third-order valence-corrected chi connectivity index (χ3v) is 6.71. The summed E-state index contributed by atoms with van der Waals surface area (Å²) in [4.78, 5) is 15.7. The van der Waals surface area contributed by atoms with Gasteiger partial charge in [-0.05, 0) is 50.5 Å². The highest BCUT2D eigenvalue weighted by molar-refractivity contribution is 5.84. The van der Waals surface area contributed by atoms with Crippen LogP contribution in [0.25, 0.3) is 0 Å². The Morgan fingerprint density at radius 1 is 1.00 bits per heavy atom. The smallest absolute Gasteiger partial charge is 0.229 e. The number of rotatable bonds is 6. The summed E-state index contributed by atoms with van der Waals surface area (Å²) in [5, 5.41) is 6.69. The van der Waals surface area contributed by atoms with Crippen LogP contribution in [0.15, 0.2) is 60.7 Å². The molecule has 2 aromatic carbocycles. The Morgan fingerprint density at radius 2 is 1.61 bits per heavy atom. The fourth-order valence-electron chi connectivity index (χ4n) is 4.62. The summed E-state index contributed by atoms with van der Waals surface area (Å²) in [7, 11) is 2.18. The summed E-state index contributed by atoms with van der Waals surface area (Å²) < 4.78 is 0. The van der Waals surface area contributed by atoms with Crippen LogP contribution >= 0.6 is 0 Å². The second kappa shape index (κ2) is 8.06. The lowest BCUT2D eigenvalue weighted by atomic mass is 9.71. The van der Waals surface area contributed by atoms with E-state index in [4.69, 9.17) is 0 Å². The lowest BCUT2D eigenvalue weighted by molar-refractivity contribution is -0.134. The molecule has 0 aromatic heterocycles. The van der Waals surface area contributed by atoms with Gasteiger partial charge in [-0.15, -0.1) is 0 Å². The van der Waals surface area contributed by atoms with Crippen molar-refractivity contribution >= 4 is 5.91 Å². The average molecular weight is 378 g/mol. The van der Waals surface area contributed by atoms with Crippen molar-refractivity contribution in [2.45, 2.75) is 24.7 Å². The van der Waals surface area contributed by atoms with E-state index in [-0.39, 0.29) is 16.7 Å². The van der Waals surface area contributed by atoms with Crippen LogP contribution in [0.5, 0.6) is 0 Å². The molecule has 2 saturated heterocycles. The second-order valence-corrected chi connectivity index (χ2v) is 8.68. The molecule has 1 amide bonds. The van der Waals surface area contributed by atoms with Crippen molar-refractivity contribution in [3.8, 4) is 0 Å². The number of amides is 1. The first-order valence-electron chi connectivity index (χ1n) is 10.4. The Kier molecular flexibility index (Phi) is 5.51.